The zero-order valence-electron chi connectivity index (χ0n) is 16.4. The Labute approximate surface area is 162 Å². The lowest BCUT2D eigenvalue weighted by atomic mass is 9.90. The van der Waals surface area contributed by atoms with Gasteiger partial charge in [0.25, 0.3) is 5.91 Å². The second-order valence-electron chi connectivity index (χ2n) is 8.47. The number of amides is 1. The summed E-state index contributed by atoms with van der Waals surface area (Å²) in [5.74, 6) is 2.32. The Balaban J connectivity index is 1.24. The Hall–Kier alpha value is -1.40. The Morgan fingerprint density at radius 3 is 2.74 bits per heavy atom. The van der Waals surface area contributed by atoms with Crippen LogP contribution in [0.2, 0.25) is 0 Å². The monoisotopic (exact) mass is 375 g/mol. The minimum absolute atomic E-state index is 0.00262. The predicted molar refractivity (Wildman–Crippen MR) is 102 cm³/mol. The number of aryl methyl sites for hydroxylation is 1. The highest BCUT2D eigenvalue weighted by Crippen LogP contribution is 2.50. The molecule has 2 unspecified atom stereocenters. The lowest BCUT2D eigenvalue weighted by molar-refractivity contribution is -0.163. The highest BCUT2D eigenvalue weighted by Gasteiger charge is 2.44. The molecule has 0 aromatic carbocycles. The largest absolute Gasteiger partial charge is 0.353 e. The Bertz CT molecular complexity index is 606. The molecule has 3 aliphatic rings. The van der Waals surface area contributed by atoms with E-state index in [0.717, 1.165) is 37.7 Å². The van der Waals surface area contributed by atoms with Crippen LogP contribution in [0.15, 0.2) is 12.3 Å². The van der Waals surface area contributed by atoms with Gasteiger partial charge in [0, 0.05) is 25.4 Å². The molecule has 27 heavy (non-hydrogen) atoms. The molecule has 2 atom stereocenters. The first kappa shape index (κ1) is 18.9. The van der Waals surface area contributed by atoms with Gasteiger partial charge in [0.2, 0.25) is 0 Å². The molecule has 2 heterocycles. The van der Waals surface area contributed by atoms with Crippen LogP contribution in [0, 0.1) is 17.8 Å². The number of hydrogen-bond donors (Lipinski definition) is 1. The van der Waals surface area contributed by atoms with Crippen molar-refractivity contribution in [3.8, 4) is 0 Å². The first-order valence-electron chi connectivity index (χ1n) is 10.8. The van der Waals surface area contributed by atoms with Crippen LogP contribution >= 0.6 is 0 Å². The summed E-state index contributed by atoms with van der Waals surface area (Å²) in [6.07, 6.45) is 11.1. The fourth-order valence-electron chi connectivity index (χ4n) is 4.52. The Morgan fingerprint density at radius 2 is 2.07 bits per heavy atom. The van der Waals surface area contributed by atoms with Crippen LogP contribution in [0.4, 0.5) is 0 Å². The molecule has 1 aromatic heterocycles. The molecule has 1 aromatic rings. The first-order chi connectivity index (χ1) is 13.2. The van der Waals surface area contributed by atoms with Gasteiger partial charge in [-0.05, 0) is 82.1 Å². The quantitative estimate of drug-likeness (QED) is 0.637. The summed E-state index contributed by atoms with van der Waals surface area (Å²) < 4.78 is 13.2. The average Bonchev–Trinajstić information content (AvgIpc) is 3.61. The van der Waals surface area contributed by atoms with Crippen LogP contribution in [0.25, 0.3) is 0 Å². The molecule has 1 aliphatic heterocycles. The third kappa shape index (κ3) is 5.11. The van der Waals surface area contributed by atoms with Crippen molar-refractivity contribution < 1.29 is 14.3 Å². The maximum Gasteiger partial charge on any atom is 0.269 e. The van der Waals surface area contributed by atoms with Crippen molar-refractivity contribution in [2.45, 2.75) is 77.2 Å². The number of nitrogens with one attached hydrogen (secondary N) is 1. The molecule has 1 saturated heterocycles. The molecule has 0 radical (unpaired) electrons. The van der Waals surface area contributed by atoms with E-state index in [1.807, 2.05) is 6.07 Å². The molecule has 0 bridgehead atoms. The summed E-state index contributed by atoms with van der Waals surface area (Å²) in [4.78, 5) is 12.8. The summed E-state index contributed by atoms with van der Waals surface area (Å²) in [5, 5.41) is 7.59. The van der Waals surface area contributed by atoms with E-state index in [0.29, 0.717) is 24.8 Å². The van der Waals surface area contributed by atoms with E-state index in [4.69, 9.17) is 9.47 Å². The van der Waals surface area contributed by atoms with Gasteiger partial charge in [0.1, 0.15) is 5.69 Å². The molecule has 6 heteroatoms. The van der Waals surface area contributed by atoms with Crippen molar-refractivity contribution in [2.75, 3.05) is 13.2 Å². The van der Waals surface area contributed by atoms with Gasteiger partial charge in [-0.2, -0.15) is 5.10 Å². The summed E-state index contributed by atoms with van der Waals surface area (Å²) in [7, 11) is 0. The smallest absolute Gasteiger partial charge is 0.269 e. The topological polar surface area (TPSA) is 65.4 Å². The van der Waals surface area contributed by atoms with Crippen LogP contribution in [0.5, 0.6) is 0 Å². The third-order valence-corrected chi connectivity index (χ3v) is 6.17. The maximum atomic E-state index is 12.8. The van der Waals surface area contributed by atoms with Crippen LogP contribution in [-0.2, 0) is 16.0 Å². The molecule has 2 aliphatic carbocycles. The summed E-state index contributed by atoms with van der Waals surface area (Å²) in [6.45, 7) is 4.30. The van der Waals surface area contributed by atoms with Gasteiger partial charge in [-0.25, -0.2) is 0 Å². The molecule has 3 fully saturated rings. The van der Waals surface area contributed by atoms with Crippen molar-refractivity contribution in [1.82, 2.24) is 15.1 Å². The average molecular weight is 376 g/mol. The second-order valence-corrected chi connectivity index (χ2v) is 8.47. The van der Waals surface area contributed by atoms with Crippen molar-refractivity contribution >= 4 is 5.91 Å². The zero-order valence-corrected chi connectivity index (χ0v) is 16.4. The van der Waals surface area contributed by atoms with Crippen LogP contribution < -0.4 is 5.32 Å². The minimum atomic E-state index is -0.0539. The van der Waals surface area contributed by atoms with Crippen LogP contribution in [0.1, 0.15) is 68.8 Å². The standard InChI is InChI=1S/C21H33N3O3/c1-15(20(16-6-7-16)17-8-9-17)23-21(25)18-10-11-22-24(18)12-4-14-27-19-5-2-3-13-26-19/h10-11,15-17,19-20H,2-9,12-14H2,1H3,(H,23,25). The summed E-state index contributed by atoms with van der Waals surface area (Å²) in [6, 6.07) is 2.06. The van der Waals surface area contributed by atoms with Crippen LogP contribution in [-0.4, -0.2) is 41.2 Å². The lowest BCUT2D eigenvalue weighted by Gasteiger charge is -2.25. The minimum Gasteiger partial charge on any atom is -0.353 e. The number of nitrogens with zero attached hydrogens (tertiary/aromatic N) is 2. The zero-order chi connectivity index (χ0) is 18.6. The van der Waals surface area contributed by atoms with E-state index in [1.165, 1.54) is 32.1 Å². The Morgan fingerprint density at radius 1 is 1.30 bits per heavy atom. The highest BCUT2D eigenvalue weighted by atomic mass is 16.7. The van der Waals surface area contributed by atoms with Gasteiger partial charge in [0.15, 0.2) is 6.29 Å². The molecule has 1 amide bonds. The SMILES string of the molecule is CC(NC(=O)c1ccnn1CCCOC1CCCCO1)C(C1CC1)C1CC1. The normalized spacial score (nSPS) is 24.1. The number of carbonyl (C=O) groups is 1. The molecule has 4 rings (SSSR count). The molecular formula is C21H33N3O3. The van der Waals surface area contributed by atoms with E-state index in [1.54, 1.807) is 10.9 Å². The predicted octanol–water partition coefficient (Wildman–Crippen LogP) is 3.37. The highest BCUT2D eigenvalue weighted by molar-refractivity contribution is 5.92. The van der Waals surface area contributed by atoms with E-state index >= 15 is 0 Å². The molecule has 6 nitrogen and oxygen atoms in total. The van der Waals surface area contributed by atoms with Gasteiger partial charge in [-0.1, -0.05) is 0 Å². The number of ether oxygens (including phenoxy) is 2. The number of carbonyl (C=O) groups excluding carboxylic acids is 1. The molecule has 150 valence electrons. The van der Waals surface area contributed by atoms with Crippen molar-refractivity contribution in [3.63, 3.8) is 0 Å². The van der Waals surface area contributed by atoms with E-state index in [-0.39, 0.29) is 18.2 Å². The fourth-order valence-corrected chi connectivity index (χ4v) is 4.52. The second kappa shape index (κ2) is 8.74. The van der Waals surface area contributed by atoms with Crippen molar-refractivity contribution in [1.29, 1.82) is 0 Å². The van der Waals surface area contributed by atoms with Gasteiger partial charge in [-0.3, -0.25) is 9.48 Å². The van der Waals surface area contributed by atoms with Gasteiger partial charge in [-0.15, -0.1) is 0 Å². The fraction of sp³-hybridized carbons (Fsp3) is 0.810. The van der Waals surface area contributed by atoms with Gasteiger partial charge < -0.3 is 14.8 Å². The number of rotatable bonds is 10. The van der Waals surface area contributed by atoms with Gasteiger partial charge in [0.05, 0.1) is 6.61 Å². The number of hydrogen-bond acceptors (Lipinski definition) is 4. The van der Waals surface area contributed by atoms with E-state index in [9.17, 15) is 4.79 Å². The molecule has 0 spiro atoms. The Kier molecular flexibility index (Phi) is 6.13. The van der Waals surface area contributed by atoms with E-state index < -0.39 is 0 Å². The maximum absolute atomic E-state index is 12.8. The lowest BCUT2D eigenvalue weighted by Crippen LogP contribution is -2.40. The van der Waals surface area contributed by atoms with Crippen molar-refractivity contribution in [2.24, 2.45) is 17.8 Å². The summed E-state index contributed by atoms with van der Waals surface area (Å²) in [5.41, 5.74) is 0.654. The molecule has 2 saturated carbocycles. The third-order valence-electron chi connectivity index (χ3n) is 6.17. The van der Waals surface area contributed by atoms with E-state index in [2.05, 4.69) is 17.3 Å². The van der Waals surface area contributed by atoms with Gasteiger partial charge >= 0.3 is 0 Å². The summed E-state index contributed by atoms with van der Waals surface area (Å²) >= 11 is 0. The van der Waals surface area contributed by atoms with Crippen LogP contribution in [0.3, 0.4) is 0 Å². The molecule has 1 N–H and O–H groups in total. The number of aromatic nitrogens is 2. The molecular weight excluding hydrogens is 342 g/mol. The first-order valence-corrected chi connectivity index (χ1v) is 10.8. The van der Waals surface area contributed by atoms with Crippen molar-refractivity contribution in [3.05, 3.63) is 18.0 Å².